The van der Waals surface area contributed by atoms with E-state index in [2.05, 4.69) is 21.2 Å². The van der Waals surface area contributed by atoms with Gasteiger partial charge in [0.25, 0.3) is 5.91 Å². The summed E-state index contributed by atoms with van der Waals surface area (Å²) < 4.78 is 6.35. The molecule has 0 saturated heterocycles. The minimum Gasteiger partial charge on any atom is -0.496 e. The summed E-state index contributed by atoms with van der Waals surface area (Å²) in [4.78, 5) is 13.4. The van der Waals surface area contributed by atoms with E-state index in [9.17, 15) is 4.79 Å². The summed E-state index contributed by atoms with van der Waals surface area (Å²) in [6.45, 7) is 2.78. The molecular formula is C18H20BrCl2N2O2+. The average Bonchev–Trinajstić information content (AvgIpc) is 2.55. The van der Waals surface area contributed by atoms with Crippen molar-refractivity contribution in [3.05, 3.63) is 56.0 Å². The zero-order valence-electron chi connectivity index (χ0n) is 14.3. The number of carbonyl (C=O) groups is 1. The quantitative estimate of drug-likeness (QED) is 0.709. The average molecular weight is 447 g/mol. The van der Waals surface area contributed by atoms with Crippen LogP contribution in [0.1, 0.15) is 11.1 Å². The molecule has 0 aliphatic rings. The van der Waals surface area contributed by atoms with Crippen LogP contribution in [-0.4, -0.2) is 26.6 Å². The fraction of sp³-hybridized carbons (Fsp3) is 0.278. The van der Waals surface area contributed by atoms with Crippen molar-refractivity contribution in [1.29, 1.82) is 0 Å². The minimum absolute atomic E-state index is 0.152. The Morgan fingerprint density at radius 1 is 1.28 bits per heavy atom. The smallest absolute Gasteiger partial charge is 0.279 e. The second-order valence-corrected chi connectivity index (χ2v) is 7.57. The van der Waals surface area contributed by atoms with Gasteiger partial charge in [-0.15, -0.1) is 0 Å². The topological polar surface area (TPSA) is 42.8 Å². The molecule has 0 bridgehead atoms. The number of methoxy groups -OCH3 is 1. The van der Waals surface area contributed by atoms with Crippen LogP contribution in [0.3, 0.4) is 0 Å². The van der Waals surface area contributed by atoms with Gasteiger partial charge in [-0.25, -0.2) is 0 Å². The van der Waals surface area contributed by atoms with Crippen LogP contribution in [0.15, 0.2) is 34.8 Å². The van der Waals surface area contributed by atoms with Crippen molar-refractivity contribution >= 4 is 50.7 Å². The molecule has 0 radical (unpaired) electrons. The maximum atomic E-state index is 12.4. The third-order valence-corrected chi connectivity index (χ3v) is 5.04. The second-order valence-electron chi connectivity index (χ2n) is 5.87. The van der Waals surface area contributed by atoms with Gasteiger partial charge in [0.1, 0.15) is 12.3 Å². The van der Waals surface area contributed by atoms with Crippen LogP contribution in [0.25, 0.3) is 0 Å². The van der Waals surface area contributed by atoms with Gasteiger partial charge in [0.2, 0.25) is 0 Å². The third kappa shape index (κ3) is 5.35. The van der Waals surface area contributed by atoms with Crippen molar-refractivity contribution in [1.82, 2.24) is 0 Å². The molecule has 2 aromatic carbocycles. The number of likely N-dealkylation sites (N-methyl/N-ethyl adjacent to an activating group) is 1. The van der Waals surface area contributed by atoms with Crippen LogP contribution in [0.4, 0.5) is 5.69 Å². The number of rotatable bonds is 6. The van der Waals surface area contributed by atoms with Crippen molar-refractivity contribution in [3.63, 3.8) is 0 Å². The molecule has 2 N–H and O–H groups in total. The highest BCUT2D eigenvalue weighted by molar-refractivity contribution is 9.10. The van der Waals surface area contributed by atoms with E-state index in [-0.39, 0.29) is 12.5 Å². The van der Waals surface area contributed by atoms with Gasteiger partial charge in [-0.05, 0) is 36.8 Å². The molecule has 2 aromatic rings. The third-order valence-electron chi connectivity index (χ3n) is 3.75. The number of nitrogens with one attached hydrogen (secondary N) is 2. The van der Waals surface area contributed by atoms with E-state index in [1.54, 1.807) is 13.2 Å². The second kappa shape index (κ2) is 8.90. The van der Waals surface area contributed by atoms with Crippen molar-refractivity contribution in [2.45, 2.75) is 13.5 Å². The molecule has 0 aromatic heterocycles. The van der Waals surface area contributed by atoms with Crippen LogP contribution in [0.5, 0.6) is 5.75 Å². The summed E-state index contributed by atoms with van der Waals surface area (Å²) in [6, 6.07) is 9.36. The molecule has 0 aliphatic heterocycles. The Morgan fingerprint density at radius 2 is 2.00 bits per heavy atom. The van der Waals surface area contributed by atoms with Crippen LogP contribution in [0, 0.1) is 6.92 Å². The number of aryl methyl sites for hydroxylation is 1. The molecule has 134 valence electrons. The predicted octanol–water partition coefficient (Wildman–Crippen LogP) is 3.73. The van der Waals surface area contributed by atoms with Crippen molar-refractivity contribution in [3.8, 4) is 5.75 Å². The normalized spacial score (nSPS) is 11.9. The molecule has 25 heavy (non-hydrogen) atoms. The molecule has 0 saturated carbocycles. The summed E-state index contributed by atoms with van der Waals surface area (Å²) in [5.74, 6) is 0.647. The predicted molar refractivity (Wildman–Crippen MR) is 106 cm³/mol. The number of carbonyl (C=O) groups excluding carboxylic acids is 1. The molecule has 1 atom stereocenters. The highest BCUT2D eigenvalue weighted by Gasteiger charge is 2.17. The van der Waals surface area contributed by atoms with Gasteiger partial charge in [0.15, 0.2) is 6.54 Å². The first-order valence-electron chi connectivity index (χ1n) is 7.70. The lowest BCUT2D eigenvalue weighted by atomic mass is 10.2. The zero-order chi connectivity index (χ0) is 18.6. The Balaban J connectivity index is 2.04. The Morgan fingerprint density at radius 3 is 2.68 bits per heavy atom. The highest BCUT2D eigenvalue weighted by Crippen LogP contribution is 2.32. The van der Waals surface area contributed by atoms with Crippen LogP contribution >= 0.6 is 39.1 Å². The molecule has 0 aliphatic carbocycles. The fourth-order valence-electron chi connectivity index (χ4n) is 2.50. The number of hydrogen-bond acceptors (Lipinski definition) is 2. The van der Waals surface area contributed by atoms with E-state index in [1.165, 1.54) is 0 Å². The Hall–Kier alpha value is -1.27. The number of benzene rings is 2. The summed E-state index contributed by atoms with van der Waals surface area (Å²) in [6.07, 6.45) is 0. The SMILES string of the molecule is COc1ccc(Br)cc1C[NH+](C)CC(=O)Nc1c(Cl)ccc(C)c1Cl. The van der Waals surface area contributed by atoms with E-state index < -0.39 is 0 Å². The van der Waals surface area contributed by atoms with E-state index in [0.29, 0.717) is 22.3 Å². The number of quaternary nitrogens is 1. The van der Waals surface area contributed by atoms with Gasteiger partial charge in [-0.1, -0.05) is 45.2 Å². The number of ether oxygens (including phenoxy) is 1. The van der Waals surface area contributed by atoms with Crippen LogP contribution in [-0.2, 0) is 11.3 Å². The molecule has 7 heteroatoms. The van der Waals surface area contributed by atoms with Crippen molar-refractivity contribution in [2.24, 2.45) is 0 Å². The maximum Gasteiger partial charge on any atom is 0.279 e. The monoisotopic (exact) mass is 445 g/mol. The molecule has 1 unspecified atom stereocenters. The van der Waals surface area contributed by atoms with Gasteiger partial charge in [0, 0.05) is 10.0 Å². The Bertz CT molecular complexity index is 784. The molecule has 0 spiro atoms. The maximum absolute atomic E-state index is 12.4. The highest BCUT2D eigenvalue weighted by atomic mass is 79.9. The Kier molecular flexibility index (Phi) is 7.14. The first-order valence-corrected chi connectivity index (χ1v) is 9.25. The summed E-state index contributed by atoms with van der Waals surface area (Å²) in [5.41, 5.74) is 2.34. The van der Waals surface area contributed by atoms with Gasteiger partial charge in [-0.2, -0.15) is 0 Å². The molecular weight excluding hydrogens is 427 g/mol. The molecule has 1 amide bonds. The largest absolute Gasteiger partial charge is 0.496 e. The van der Waals surface area contributed by atoms with E-state index in [4.69, 9.17) is 27.9 Å². The first-order chi connectivity index (χ1) is 11.8. The van der Waals surface area contributed by atoms with E-state index in [0.717, 1.165) is 26.2 Å². The zero-order valence-corrected chi connectivity index (χ0v) is 17.3. The van der Waals surface area contributed by atoms with E-state index in [1.807, 2.05) is 38.2 Å². The first kappa shape index (κ1) is 20.0. The number of halogens is 3. The van der Waals surface area contributed by atoms with Crippen LogP contribution in [0.2, 0.25) is 10.0 Å². The standard InChI is InChI=1S/C18H19BrCl2N2O2/c1-11-4-6-14(20)18(17(11)21)22-16(24)10-23(2)9-12-8-13(19)5-7-15(12)25-3/h4-8H,9-10H2,1-3H3,(H,22,24)/p+1. The number of anilines is 1. The Labute approximate surface area is 166 Å². The lowest BCUT2D eigenvalue weighted by Crippen LogP contribution is -3.08. The minimum atomic E-state index is -0.152. The lowest BCUT2D eigenvalue weighted by molar-refractivity contribution is -0.885. The molecule has 0 heterocycles. The number of amides is 1. The van der Waals surface area contributed by atoms with Gasteiger partial charge in [0.05, 0.1) is 29.9 Å². The van der Waals surface area contributed by atoms with Gasteiger partial charge < -0.3 is 15.0 Å². The lowest BCUT2D eigenvalue weighted by Gasteiger charge is -2.17. The number of hydrogen-bond donors (Lipinski definition) is 2. The van der Waals surface area contributed by atoms with Crippen molar-refractivity contribution < 1.29 is 14.4 Å². The summed E-state index contributed by atoms with van der Waals surface area (Å²) in [7, 11) is 3.58. The fourth-order valence-corrected chi connectivity index (χ4v) is 3.38. The molecule has 4 nitrogen and oxygen atoms in total. The van der Waals surface area contributed by atoms with E-state index >= 15 is 0 Å². The molecule has 2 rings (SSSR count). The molecule has 0 fully saturated rings. The van der Waals surface area contributed by atoms with Crippen LogP contribution < -0.4 is 15.0 Å². The summed E-state index contributed by atoms with van der Waals surface area (Å²) in [5, 5.41) is 3.70. The van der Waals surface area contributed by atoms with Gasteiger partial charge >= 0.3 is 0 Å². The van der Waals surface area contributed by atoms with Crippen molar-refractivity contribution in [2.75, 3.05) is 26.0 Å². The summed E-state index contributed by atoms with van der Waals surface area (Å²) >= 11 is 15.8. The van der Waals surface area contributed by atoms with Gasteiger partial charge in [-0.3, -0.25) is 4.79 Å².